The van der Waals surface area contributed by atoms with Crippen LogP contribution in [0, 0.1) is 12.3 Å². The highest BCUT2D eigenvalue weighted by atomic mass is 16.5. The first kappa shape index (κ1) is 12.3. The zero-order valence-corrected chi connectivity index (χ0v) is 10.1. The predicted molar refractivity (Wildman–Crippen MR) is 64.6 cm³/mol. The molecule has 0 aliphatic rings. The second kappa shape index (κ2) is 5.36. The summed E-state index contributed by atoms with van der Waals surface area (Å²) in [6, 6.07) is 1.74. The molecule has 1 rings (SSSR count). The van der Waals surface area contributed by atoms with E-state index < -0.39 is 0 Å². The Labute approximate surface area is 96.5 Å². The Balaban J connectivity index is 3.00. The fourth-order valence-corrected chi connectivity index (χ4v) is 1.10. The van der Waals surface area contributed by atoms with Gasteiger partial charge in [-0.1, -0.05) is 19.8 Å². The first-order valence-electron chi connectivity index (χ1n) is 5.26. The van der Waals surface area contributed by atoms with Crippen molar-refractivity contribution >= 4 is 5.82 Å². The normalized spacial score (nSPS) is 12.0. The average molecular weight is 219 g/mol. The lowest BCUT2D eigenvalue weighted by Crippen LogP contribution is -2.11. The first-order chi connectivity index (χ1) is 7.56. The highest BCUT2D eigenvalue weighted by Crippen LogP contribution is 2.18. The molecule has 16 heavy (non-hydrogen) atoms. The third-order valence-electron chi connectivity index (χ3n) is 2.02. The van der Waals surface area contributed by atoms with E-state index >= 15 is 0 Å². The second-order valence-electron chi connectivity index (χ2n) is 3.78. The lowest BCUT2D eigenvalue weighted by atomic mass is 10.2. The summed E-state index contributed by atoms with van der Waals surface area (Å²) < 4.78 is 5.47. The third-order valence-corrected chi connectivity index (χ3v) is 2.02. The van der Waals surface area contributed by atoms with Crippen LogP contribution < -0.4 is 10.1 Å². The van der Waals surface area contributed by atoms with Gasteiger partial charge >= 0.3 is 0 Å². The molecule has 1 unspecified atom stereocenters. The Morgan fingerprint density at radius 2 is 2.06 bits per heavy atom. The van der Waals surface area contributed by atoms with Crippen LogP contribution in [0.1, 0.15) is 32.5 Å². The van der Waals surface area contributed by atoms with Crippen molar-refractivity contribution in [3.8, 4) is 18.2 Å². The number of nitrogens with zero attached hydrogens (tertiary/aromatic N) is 2. The molecule has 0 amide bonds. The molecule has 4 nitrogen and oxygen atoms in total. The van der Waals surface area contributed by atoms with E-state index in [1.807, 2.05) is 13.8 Å². The van der Waals surface area contributed by atoms with Crippen molar-refractivity contribution in [3.05, 3.63) is 11.9 Å². The molecule has 0 aromatic carbocycles. The predicted octanol–water partition coefficient (Wildman–Crippen LogP) is 2.04. The summed E-state index contributed by atoms with van der Waals surface area (Å²) in [7, 11) is 1.81. The van der Waals surface area contributed by atoms with E-state index in [1.54, 1.807) is 20.0 Å². The number of ether oxygens (including phenoxy) is 1. The van der Waals surface area contributed by atoms with Gasteiger partial charge in [-0.3, -0.25) is 0 Å². The molecule has 0 bridgehead atoms. The van der Waals surface area contributed by atoms with Crippen molar-refractivity contribution < 1.29 is 4.74 Å². The molecule has 0 radical (unpaired) electrons. The molecule has 86 valence electrons. The van der Waals surface area contributed by atoms with Crippen molar-refractivity contribution in [2.24, 2.45) is 0 Å². The molecule has 1 atom stereocenters. The molecule has 0 aliphatic carbocycles. The fraction of sp³-hybridized carbons (Fsp3) is 0.500. The fourth-order valence-electron chi connectivity index (χ4n) is 1.10. The van der Waals surface area contributed by atoms with E-state index in [0.717, 1.165) is 11.6 Å². The monoisotopic (exact) mass is 219 g/mol. The molecule has 1 N–H and O–H groups in total. The molecule has 0 fully saturated rings. The van der Waals surface area contributed by atoms with Gasteiger partial charge < -0.3 is 10.1 Å². The molecule has 4 heteroatoms. The Morgan fingerprint density at radius 3 is 2.56 bits per heavy atom. The van der Waals surface area contributed by atoms with Crippen molar-refractivity contribution in [1.29, 1.82) is 0 Å². The van der Waals surface area contributed by atoms with E-state index in [-0.39, 0.29) is 12.0 Å². The van der Waals surface area contributed by atoms with Gasteiger partial charge in [0.2, 0.25) is 5.88 Å². The zero-order valence-electron chi connectivity index (χ0n) is 10.1. The number of nitrogens with one attached hydrogen (secondary N) is 1. The average Bonchev–Trinajstić information content (AvgIpc) is 2.28. The van der Waals surface area contributed by atoms with Crippen LogP contribution in [0.15, 0.2) is 6.07 Å². The minimum absolute atomic E-state index is 0.247. The van der Waals surface area contributed by atoms with Gasteiger partial charge in [0.15, 0.2) is 6.10 Å². The molecule has 1 aromatic heterocycles. The Hall–Kier alpha value is -1.76. The summed E-state index contributed by atoms with van der Waals surface area (Å²) in [6.07, 6.45) is 4.96. The molecule has 1 aromatic rings. The summed E-state index contributed by atoms with van der Waals surface area (Å²) in [5.41, 5.74) is 0. The van der Waals surface area contributed by atoms with Gasteiger partial charge in [0.1, 0.15) is 11.6 Å². The molecular weight excluding hydrogens is 202 g/mol. The van der Waals surface area contributed by atoms with E-state index in [9.17, 15) is 0 Å². The van der Waals surface area contributed by atoms with Gasteiger partial charge in [-0.05, 0) is 6.92 Å². The van der Waals surface area contributed by atoms with Crippen molar-refractivity contribution in [3.63, 3.8) is 0 Å². The van der Waals surface area contributed by atoms with Gasteiger partial charge in [0, 0.05) is 19.0 Å². The number of hydrogen-bond acceptors (Lipinski definition) is 4. The topological polar surface area (TPSA) is 47.0 Å². The van der Waals surface area contributed by atoms with Gasteiger partial charge in [-0.2, -0.15) is 4.98 Å². The molecule has 0 saturated carbocycles. The number of terminal acetylenes is 1. The molecule has 0 spiro atoms. The lowest BCUT2D eigenvalue weighted by molar-refractivity contribution is 0.266. The maximum atomic E-state index is 5.47. The maximum absolute atomic E-state index is 5.47. The Kier molecular flexibility index (Phi) is 4.12. The van der Waals surface area contributed by atoms with Crippen molar-refractivity contribution in [2.75, 3.05) is 12.4 Å². The summed E-state index contributed by atoms with van der Waals surface area (Å²) in [5.74, 6) is 4.73. The minimum atomic E-state index is -0.292. The zero-order chi connectivity index (χ0) is 12.1. The van der Waals surface area contributed by atoms with Crippen LogP contribution in [0.5, 0.6) is 5.88 Å². The number of aromatic nitrogens is 2. The van der Waals surface area contributed by atoms with E-state index in [2.05, 4.69) is 21.2 Å². The SMILES string of the molecule is C#CC(C)Oc1cc(NC)nc(C(C)C)n1. The van der Waals surface area contributed by atoms with Crippen LogP contribution in [-0.4, -0.2) is 23.1 Å². The number of hydrogen-bond donors (Lipinski definition) is 1. The smallest absolute Gasteiger partial charge is 0.219 e. The van der Waals surface area contributed by atoms with E-state index in [4.69, 9.17) is 11.2 Å². The van der Waals surface area contributed by atoms with Crippen molar-refractivity contribution in [2.45, 2.75) is 32.8 Å². The lowest BCUT2D eigenvalue weighted by Gasteiger charge is -2.12. The number of rotatable bonds is 4. The summed E-state index contributed by atoms with van der Waals surface area (Å²) in [6.45, 7) is 5.86. The summed E-state index contributed by atoms with van der Waals surface area (Å²) in [4.78, 5) is 8.63. The highest BCUT2D eigenvalue weighted by molar-refractivity contribution is 5.38. The quantitative estimate of drug-likeness (QED) is 0.787. The summed E-state index contributed by atoms with van der Waals surface area (Å²) >= 11 is 0. The van der Waals surface area contributed by atoms with Crippen molar-refractivity contribution in [1.82, 2.24) is 9.97 Å². The molecular formula is C12H17N3O. The standard InChI is InChI=1S/C12H17N3O/c1-6-9(4)16-11-7-10(13-5)14-12(15-11)8(2)3/h1,7-9H,2-5H3,(H,13,14,15). The molecule has 0 saturated heterocycles. The van der Waals surface area contributed by atoms with Gasteiger partial charge in [-0.15, -0.1) is 6.42 Å². The largest absolute Gasteiger partial charge is 0.461 e. The van der Waals surface area contributed by atoms with Gasteiger partial charge in [0.05, 0.1) is 0 Å². The van der Waals surface area contributed by atoms with E-state index in [1.165, 1.54) is 0 Å². The van der Waals surface area contributed by atoms with Gasteiger partial charge in [0.25, 0.3) is 0 Å². The highest BCUT2D eigenvalue weighted by Gasteiger charge is 2.09. The van der Waals surface area contributed by atoms with Crippen LogP contribution >= 0.6 is 0 Å². The van der Waals surface area contributed by atoms with E-state index in [0.29, 0.717) is 5.88 Å². The second-order valence-corrected chi connectivity index (χ2v) is 3.78. The van der Waals surface area contributed by atoms with Gasteiger partial charge in [-0.25, -0.2) is 4.98 Å². The Morgan fingerprint density at radius 1 is 1.38 bits per heavy atom. The number of anilines is 1. The maximum Gasteiger partial charge on any atom is 0.219 e. The van der Waals surface area contributed by atoms with Crippen LogP contribution in [0.25, 0.3) is 0 Å². The Bertz CT molecular complexity index is 396. The van der Waals surface area contributed by atoms with Crippen LogP contribution in [-0.2, 0) is 0 Å². The third kappa shape index (κ3) is 3.13. The molecule has 0 aliphatic heterocycles. The van der Waals surface area contributed by atoms with Crippen LogP contribution in [0.4, 0.5) is 5.82 Å². The van der Waals surface area contributed by atoms with Crippen LogP contribution in [0.3, 0.4) is 0 Å². The first-order valence-corrected chi connectivity index (χ1v) is 5.26. The van der Waals surface area contributed by atoms with Crippen LogP contribution in [0.2, 0.25) is 0 Å². The molecule has 1 heterocycles. The summed E-state index contributed by atoms with van der Waals surface area (Å²) in [5, 5.41) is 2.97. The minimum Gasteiger partial charge on any atom is -0.461 e.